The van der Waals surface area contributed by atoms with Gasteiger partial charge >= 0.3 is 0 Å². The third-order valence-electron chi connectivity index (χ3n) is 6.11. The maximum absolute atomic E-state index is 13.9. The van der Waals surface area contributed by atoms with Crippen molar-refractivity contribution in [2.24, 2.45) is 11.1 Å². The summed E-state index contributed by atoms with van der Waals surface area (Å²) in [6.45, 7) is 3.66. The zero-order valence-electron chi connectivity index (χ0n) is 15.4. The average molecular weight is 374 g/mol. The molecule has 0 radical (unpaired) electrons. The molecule has 1 spiro atoms. The Hall–Kier alpha value is -1.80. The van der Waals surface area contributed by atoms with E-state index < -0.39 is 0 Å². The van der Waals surface area contributed by atoms with E-state index in [1.165, 1.54) is 6.07 Å². The second-order valence-corrected chi connectivity index (χ2v) is 7.65. The number of likely N-dealkylation sites (tertiary alicyclic amines) is 1. The molecule has 0 bridgehead atoms. The van der Waals surface area contributed by atoms with Crippen molar-refractivity contribution in [3.05, 3.63) is 48.0 Å². The Morgan fingerprint density at radius 1 is 1.30 bits per heavy atom. The van der Waals surface area contributed by atoms with E-state index in [0.717, 1.165) is 44.5 Å². The fourth-order valence-electron chi connectivity index (χ4n) is 4.42. The first kappa shape index (κ1) is 18.6. The lowest BCUT2D eigenvalue weighted by Crippen LogP contribution is -2.62. The molecule has 4 rings (SSSR count). The lowest BCUT2D eigenvalue weighted by atomic mass is 9.58. The maximum Gasteiger partial charge on any atom is 0.148 e. The summed E-state index contributed by atoms with van der Waals surface area (Å²) in [5.74, 6) is -0.283. The van der Waals surface area contributed by atoms with Gasteiger partial charge in [0.25, 0.3) is 0 Å². The number of piperidine rings is 1. The lowest BCUT2D eigenvalue weighted by molar-refractivity contribution is -0.210. The number of para-hydroxylation sites is 1. The number of hydrogen-bond acceptors (Lipinski definition) is 5. The van der Waals surface area contributed by atoms with Crippen LogP contribution in [-0.2, 0) is 11.3 Å². The van der Waals surface area contributed by atoms with Crippen LogP contribution in [0.5, 0.6) is 0 Å². The topological polar surface area (TPSA) is 76.5 Å². The van der Waals surface area contributed by atoms with Gasteiger partial charge in [-0.3, -0.25) is 4.90 Å². The highest BCUT2D eigenvalue weighted by molar-refractivity contribution is 5.32. The predicted octanol–water partition coefficient (Wildman–Crippen LogP) is 1.70. The van der Waals surface area contributed by atoms with Crippen LogP contribution in [0.3, 0.4) is 0 Å². The third kappa shape index (κ3) is 3.52. The standard InChI is InChI=1S/C20H27FN4O2/c21-16-3-1-2-4-17(16)25-14-15(12-23-25)13-24-8-5-20(6-9-24)18(26)11-19(20)27-10-7-22/h1-4,12,14,18-19,26H,5-11,13,22H2/t18-,19+/m0/s1. The number of ether oxygens (including phenoxy) is 1. The molecule has 1 saturated carbocycles. The van der Waals surface area contributed by atoms with E-state index in [1.807, 2.05) is 6.20 Å². The molecule has 2 aliphatic rings. The molecule has 2 atom stereocenters. The first-order valence-corrected chi connectivity index (χ1v) is 9.63. The summed E-state index contributed by atoms with van der Waals surface area (Å²) in [7, 11) is 0. The van der Waals surface area contributed by atoms with Crippen LogP contribution in [0.2, 0.25) is 0 Å². The summed E-state index contributed by atoms with van der Waals surface area (Å²) in [5, 5.41) is 14.7. The van der Waals surface area contributed by atoms with E-state index in [0.29, 0.717) is 18.8 Å². The van der Waals surface area contributed by atoms with Crippen molar-refractivity contribution in [3.63, 3.8) is 0 Å². The number of aromatic nitrogens is 2. The van der Waals surface area contributed by atoms with Gasteiger partial charge in [-0.2, -0.15) is 5.10 Å². The minimum absolute atomic E-state index is 0.108. The number of aliphatic hydroxyl groups excluding tert-OH is 1. The molecule has 27 heavy (non-hydrogen) atoms. The highest BCUT2D eigenvalue weighted by Gasteiger charge is 2.55. The molecular formula is C20H27FN4O2. The lowest BCUT2D eigenvalue weighted by Gasteiger charge is -2.56. The van der Waals surface area contributed by atoms with Crippen LogP contribution in [0.25, 0.3) is 5.69 Å². The minimum atomic E-state index is -0.283. The smallest absolute Gasteiger partial charge is 0.148 e. The number of halogens is 1. The summed E-state index contributed by atoms with van der Waals surface area (Å²) in [6.07, 6.45) is 6.09. The molecule has 2 heterocycles. The number of nitrogens with zero attached hydrogens (tertiary/aromatic N) is 3. The van der Waals surface area contributed by atoms with Gasteiger partial charge in [-0.1, -0.05) is 12.1 Å². The summed E-state index contributed by atoms with van der Waals surface area (Å²) >= 11 is 0. The molecule has 6 nitrogen and oxygen atoms in total. The number of benzene rings is 1. The molecule has 7 heteroatoms. The summed E-state index contributed by atoms with van der Waals surface area (Å²) in [4.78, 5) is 2.36. The van der Waals surface area contributed by atoms with Gasteiger partial charge in [0, 0.05) is 36.7 Å². The molecule has 146 valence electrons. The Morgan fingerprint density at radius 2 is 2.07 bits per heavy atom. The van der Waals surface area contributed by atoms with E-state index in [1.54, 1.807) is 29.1 Å². The van der Waals surface area contributed by atoms with Crippen LogP contribution in [0, 0.1) is 11.2 Å². The van der Waals surface area contributed by atoms with E-state index in [2.05, 4.69) is 10.00 Å². The number of aliphatic hydroxyl groups is 1. The fourth-order valence-corrected chi connectivity index (χ4v) is 4.42. The van der Waals surface area contributed by atoms with Crippen LogP contribution in [-0.4, -0.2) is 58.2 Å². The van der Waals surface area contributed by atoms with Crippen LogP contribution >= 0.6 is 0 Å². The minimum Gasteiger partial charge on any atom is -0.392 e. The number of hydrogen-bond donors (Lipinski definition) is 2. The van der Waals surface area contributed by atoms with Gasteiger partial charge in [0.15, 0.2) is 0 Å². The number of rotatable bonds is 6. The summed E-state index contributed by atoms with van der Waals surface area (Å²) in [5.41, 5.74) is 6.95. The van der Waals surface area contributed by atoms with E-state index in [9.17, 15) is 9.50 Å². The molecule has 1 aliphatic heterocycles. The first-order chi connectivity index (χ1) is 13.1. The Bertz CT molecular complexity index is 773. The summed E-state index contributed by atoms with van der Waals surface area (Å²) < 4.78 is 21.4. The molecular weight excluding hydrogens is 347 g/mol. The Labute approximate surface area is 158 Å². The van der Waals surface area contributed by atoms with E-state index in [4.69, 9.17) is 10.5 Å². The van der Waals surface area contributed by atoms with Gasteiger partial charge < -0.3 is 15.6 Å². The molecule has 3 N–H and O–H groups in total. The fraction of sp³-hybridized carbons (Fsp3) is 0.550. The quantitative estimate of drug-likeness (QED) is 0.805. The van der Waals surface area contributed by atoms with Crippen molar-refractivity contribution in [1.29, 1.82) is 0 Å². The van der Waals surface area contributed by atoms with Crippen molar-refractivity contribution in [1.82, 2.24) is 14.7 Å². The van der Waals surface area contributed by atoms with Gasteiger partial charge in [-0.15, -0.1) is 0 Å². The largest absolute Gasteiger partial charge is 0.392 e. The van der Waals surface area contributed by atoms with Gasteiger partial charge in [-0.25, -0.2) is 9.07 Å². The predicted molar refractivity (Wildman–Crippen MR) is 99.9 cm³/mol. The molecule has 2 aromatic rings. The van der Waals surface area contributed by atoms with Gasteiger partial charge in [0.1, 0.15) is 11.5 Å². The Kier molecular flexibility index (Phi) is 5.27. The molecule has 1 aromatic heterocycles. The van der Waals surface area contributed by atoms with Crippen molar-refractivity contribution in [2.45, 2.75) is 38.0 Å². The molecule has 2 fully saturated rings. The van der Waals surface area contributed by atoms with E-state index in [-0.39, 0.29) is 23.4 Å². The molecule has 0 unspecified atom stereocenters. The van der Waals surface area contributed by atoms with Crippen LogP contribution in [0.4, 0.5) is 4.39 Å². The SMILES string of the molecule is NCCO[C@@H]1C[C@H](O)C12CCN(Cc1cnn(-c3ccccc3F)c1)CC2. The number of nitrogens with two attached hydrogens (primary N) is 1. The average Bonchev–Trinajstić information content (AvgIpc) is 3.14. The molecule has 1 saturated heterocycles. The van der Waals surface area contributed by atoms with E-state index >= 15 is 0 Å². The zero-order valence-corrected chi connectivity index (χ0v) is 15.4. The van der Waals surface area contributed by atoms with Gasteiger partial charge in [0.2, 0.25) is 0 Å². The van der Waals surface area contributed by atoms with Crippen molar-refractivity contribution in [2.75, 3.05) is 26.2 Å². The van der Waals surface area contributed by atoms with Gasteiger partial charge in [0.05, 0.1) is 25.0 Å². The monoisotopic (exact) mass is 374 g/mol. The maximum atomic E-state index is 13.9. The van der Waals surface area contributed by atoms with Crippen molar-refractivity contribution in [3.8, 4) is 5.69 Å². The first-order valence-electron chi connectivity index (χ1n) is 9.63. The highest BCUT2D eigenvalue weighted by atomic mass is 19.1. The second-order valence-electron chi connectivity index (χ2n) is 7.65. The summed E-state index contributed by atoms with van der Waals surface area (Å²) in [6, 6.07) is 6.63. The van der Waals surface area contributed by atoms with Crippen molar-refractivity contribution >= 4 is 0 Å². The Morgan fingerprint density at radius 3 is 2.78 bits per heavy atom. The zero-order chi connectivity index (χ0) is 18.9. The van der Waals surface area contributed by atoms with Crippen molar-refractivity contribution < 1.29 is 14.2 Å². The van der Waals surface area contributed by atoms with Crippen LogP contribution < -0.4 is 5.73 Å². The van der Waals surface area contributed by atoms with Crippen LogP contribution in [0.15, 0.2) is 36.7 Å². The molecule has 1 aliphatic carbocycles. The molecule has 0 amide bonds. The van der Waals surface area contributed by atoms with Gasteiger partial charge in [-0.05, 0) is 38.1 Å². The third-order valence-corrected chi connectivity index (χ3v) is 6.11. The van der Waals surface area contributed by atoms with Crippen LogP contribution in [0.1, 0.15) is 24.8 Å². The second kappa shape index (κ2) is 7.67. The Balaban J connectivity index is 1.35. The normalized spacial score (nSPS) is 24.9. The molecule has 1 aromatic carbocycles. The highest BCUT2D eigenvalue weighted by Crippen LogP contribution is 2.51.